The van der Waals surface area contributed by atoms with Crippen molar-refractivity contribution in [3.8, 4) is 0 Å². The van der Waals surface area contributed by atoms with Gasteiger partial charge in [0.05, 0.1) is 11.7 Å². The Bertz CT molecular complexity index is 421. The van der Waals surface area contributed by atoms with Crippen LogP contribution in [-0.2, 0) is 6.18 Å². The van der Waals surface area contributed by atoms with E-state index in [-0.39, 0.29) is 6.04 Å². The lowest BCUT2D eigenvalue weighted by Gasteiger charge is -2.35. The molecule has 2 nitrogen and oxygen atoms in total. The maximum absolute atomic E-state index is 12.5. The number of rotatable bonds is 2. The molecule has 0 aliphatic carbocycles. The summed E-state index contributed by atoms with van der Waals surface area (Å²) in [7, 11) is 1.93. The number of thioether (sulfide) groups is 1. The third-order valence-corrected chi connectivity index (χ3v) is 4.44. The van der Waals surface area contributed by atoms with Crippen LogP contribution in [0.5, 0.6) is 0 Å². The van der Waals surface area contributed by atoms with E-state index in [4.69, 9.17) is 0 Å². The number of aliphatic hydroxyl groups excluding tert-OH is 1. The standard InChI is InChI=1S/C13H16F3NOS/c1-17-6-7-19-8-11(17)12(18)9-2-4-10(5-3-9)13(14,15)16/h2-5,11-12,18H,6-8H2,1H3. The molecule has 0 saturated carbocycles. The number of hydrogen-bond acceptors (Lipinski definition) is 3. The van der Waals surface area contributed by atoms with E-state index < -0.39 is 17.8 Å². The maximum Gasteiger partial charge on any atom is 0.416 e. The van der Waals surface area contributed by atoms with E-state index in [2.05, 4.69) is 4.90 Å². The number of hydrogen-bond donors (Lipinski definition) is 1. The Hall–Kier alpha value is -0.720. The van der Waals surface area contributed by atoms with Crippen molar-refractivity contribution in [2.45, 2.75) is 18.3 Å². The molecule has 1 aromatic rings. The van der Waals surface area contributed by atoms with Crippen LogP contribution in [0.3, 0.4) is 0 Å². The van der Waals surface area contributed by atoms with Crippen LogP contribution in [0, 0.1) is 0 Å². The SMILES string of the molecule is CN1CCSCC1C(O)c1ccc(C(F)(F)F)cc1. The first-order valence-corrected chi connectivity index (χ1v) is 7.18. The summed E-state index contributed by atoms with van der Waals surface area (Å²) in [5, 5.41) is 10.3. The van der Waals surface area contributed by atoms with Gasteiger partial charge in [-0.2, -0.15) is 24.9 Å². The van der Waals surface area contributed by atoms with Crippen LogP contribution in [0.2, 0.25) is 0 Å². The molecule has 1 N–H and O–H groups in total. The lowest BCUT2D eigenvalue weighted by Crippen LogP contribution is -2.43. The maximum atomic E-state index is 12.5. The van der Waals surface area contributed by atoms with Gasteiger partial charge < -0.3 is 5.11 Å². The van der Waals surface area contributed by atoms with Gasteiger partial charge >= 0.3 is 6.18 Å². The summed E-state index contributed by atoms with van der Waals surface area (Å²) in [5.74, 6) is 1.81. The summed E-state index contributed by atoms with van der Waals surface area (Å²) < 4.78 is 37.4. The molecular formula is C13H16F3NOS. The van der Waals surface area contributed by atoms with Gasteiger partial charge in [-0.1, -0.05) is 12.1 Å². The zero-order chi connectivity index (χ0) is 14.0. The van der Waals surface area contributed by atoms with Gasteiger partial charge in [-0.3, -0.25) is 4.90 Å². The van der Waals surface area contributed by atoms with E-state index in [0.29, 0.717) is 5.56 Å². The van der Waals surface area contributed by atoms with Crippen molar-refractivity contribution < 1.29 is 18.3 Å². The number of nitrogens with zero attached hydrogens (tertiary/aromatic N) is 1. The monoisotopic (exact) mass is 291 g/mol. The molecule has 1 aliphatic heterocycles. The Kier molecular flexibility index (Phi) is 4.43. The van der Waals surface area contributed by atoms with Crippen LogP contribution in [0.1, 0.15) is 17.2 Å². The molecule has 2 unspecified atom stereocenters. The fraction of sp³-hybridized carbons (Fsp3) is 0.538. The number of alkyl halides is 3. The van der Waals surface area contributed by atoms with Crippen molar-refractivity contribution in [1.29, 1.82) is 0 Å². The molecule has 0 bridgehead atoms. The Morgan fingerprint density at radius 2 is 1.95 bits per heavy atom. The molecule has 1 aliphatic rings. The minimum atomic E-state index is -4.33. The van der Waals surface area contributed by atoms with Gasteiger partial charge in [0, 0.05) is 24.1 Å². The smallest absolute Gasteiger partial charge is 0.387 e. The fourth-order valence-corrected chi connectivity index (χ4v) is 3.39. The van der Waals surface area contributed by atoms with Crippen LogP contribution in [-0.4, -0.2) is 41.1 Å². The van der Waals surface area contributed by atoms with Crippen LogP contribution in [0.25, 0.3) is 0 Å². The second kappa shape index (κ2) is 5.73. The van der Waals surface area contributed by atoms with Crippen molar-refractivity contribution >= 4 is 11.8 Å². The fourth-order valence-electron chi connectivity index (χ4n) is 2.13. The highest BCUT2D eigenvalue weighted by Crippen LogP contribution is 2.31. The average Bonchev–Trinajstić information content (AvgIpc) is 2.38. The van der Waals surface area contributed by atoms with Crippen molar-refractivity contribution in [2.75, 3.05) is 25.1 Å². The van der Waals surface area contributed by atoms with Gasteiger partial charge in [-0.25, -0.2) is 0 Å². The van der Waals surface area contributed by atoms with Gasteiger partial charge in [-0.05, 0) is 24.7 Å². The molecular weight excluding hydrogens is 275 g/mol. The largest absolute Gasteiger partial charge is 0.416 e. The third-order valence-electron chi connectivity index (χ3n) is 3.39. The highest BCUT2D eigenvalue weighted by Gasteiger charge is 2.31. The normalized spacial score (nSPS) is 23.3. The van der Waals surface area contributed by atoms with Crippen LogP contribution >= 0.6 is 11.8 Å². The van der Waals surface area contributed by atoms with Crippen molar-refractivity contribution in [1.82, 2.24) is 4.90 Å². The molecule has 6 heteroatoms. The van der Waals surface area contributed by atoms with E-state index in [1.807, 2.05) is 7.05 Å². The molecule has 2 rings (SSSR count). The zero-order valence-corrected chi connectivity index (χ0v) is 11.3. The molecule has 19 heavy (non-hydrogen) atoms. The topological polar surface area (TPSA) is 23.5 Å². The Morgan fingerprint density at radius 3 is 2.47 bits per heavy atom. The summed E-state index contributed by atoms with van der Waals surface area (Å²) in [6, 6.07) is 4.72. The molecule has 1 saturated heterocycles. The summed E-state index contributed by atoms with van der Waals surface area (Å²) in [6.07, 6.45) is -5.08. The minimum absolute atomic E-state index is 0.0458. The molecule has 0 spiro atoms. The van der Waals surface area contributed by atoms with E-state index in [0.717, 1.165) is 30.2 Å². The molecule has 106 valence electrons. The molecule has 1 heterocycles. The predicted molar refractivity (Wildman–Crippen MR) is 70.1 cm³/mol. The highest BCUT2D eigenvalue weighted by atomic mass is 32.2. The number of halogens is 3. The molecule has 0 aromatic heterocycles. The summed E-state index contributed by atoms with van der Waals surface area (Å²) in [6.45, 7) is 0.882. The first kappa shape index (κ1) is 14.7. The van der Waals surface area contributed by atoms with Gasteiger partial charge in [0.15, 0.2) is 0 Å². The third kappa shape index (κ3) is 3.43. The predicted octanol–water partition coefficient (Wildman–Crippen LogP) is 2.79. The Morgan fingerprint density at radius 1 is 1.32 bits per heavy atom. The lowest BCUT2D eigenvalue weighted by molar-refractivity contribution is -0.137. The molecule has 0 amide bonds. The van der Waals surface area contributed by atoms with Crippen molar-refractivity contribution in [2.24, 2.45) is 0 Å². The highest BCUT2D eigenvalue weighted by molar-refractivity contribution is 7.99. The number of aliphatic hydroxyl groups is 1. The molecule has 2 atom stereocenters. The van der Waals surface area contributed by atoms with E-state index in [1.165, 1.54) is 12.1 Å². The lowest BCUT2D eigenvalue weighted by atomic mass is 10.0. The van der Waals surface area contributed by atoms with Crippen molar-refractivity contribution in [3.05, 3.63) is 35.4 Å². The van der Waals surface area contributed by atoms with Gasteiger partial charge in [0.25, 0.3) is 0 Å². The number of likely N-dealkylation sites (N-methyl/N-ethyl adjacent to an activating group) is 1. The first-order valence-electron chi connectivity index (χ1n) is 6.03. The van der Waals surface area contributed by atoms with E-state index in [9.17, 15) is 18.3 Å². The van der Waals surface area contributed by atoms with Crippen LogP contribution in [0.15, 0.2) is 24.3 Å². The van der Waals surface area contributed by atoms with Crippen LogP contribution < -0.4 is 0 Å². The van der Waals surface area contributed by atoms with Crippen LogP contribution in [0.4, 0.5) is 13.2 Å². The van der Waals surface area contributed by atoms with E-state index in [1.54, 1.807) is 11.8 Å². The summed E-state index contributed by atoms with van der Waals surface area (Å²) in [4.78, 5) is 2.05. The molecule has 1 aromatic carbocycles. The van der Waals surface area contributed by atoms with Gasteiger partial charge in [0.1, 0.15) is 0 Å². The summed E-state index contributed by atoms with van der Waals surface area (Å²) in [5.41, 5.74) is -0.151. The van der Waals surface area contributed by atoms with Gasteiger partial charge in [0.2, 0.25) is 0 Å². The first-order chi connectivity index (χ1) is 8.89. The van der Waals surface area contributed by atoms with E-state index >= 15 is 0 Å². The quantitative estimate of drug-likeness (QED) is 0.906. The Labute approximate surface area is 114 Å². The molecule has 0 radical (unpaired) electrons. The average molecular weight is 291 g/mol. The number of benzene rings is 1. The second-order valence-corrected chi connectivity index (χ2v) is 5.84. The van der Waals surface area contributed by atoms with Crippen molar-refractivity contribution in [3.63, 3.8) is 0 Å². The summed E-state index contributed by atoms with van der Waals surface area (Å²) >= 11 is 1.76. The Balaban J connectivity index is 2.13. The minimum Gasteiger partial charge on any atom is -0.387 e. The zero-order valence-electron chi connectivity index (χ0n) is 10.5. The second-order valence-electron chi connectivity index (χ2n) is 4.69. The van der Waals surface area contributed by atoms with Gasteiger partial charge in [-0.15, -0.1) is 0 Å². The molecule has 1 fully saturated rings.